The summed E-state index contributed by atoms with van der Waals surface area (Å²) in [4.78, 5) is 8.97. The largest absolute Gasteiger partial charge is 0.497 e. The molecule has 3 nitrogen and oxygen atoms in total. The van der Waals surface area contributed by atoms with Crippen LogP contribution in [0.4, 0.5) is 5.13 Å². The summed E-state index contributed by atoms with van der Waals surface area (Å²) in [7, 11) is 1.67. The molecule has 0 bridgehead atoms. The third-order valence-corrected chi connectivity index (χ3v) is 4.91. The summed E-state index contributed by atoms with van der Waals surface area (Å²) in [5.41, 5.74) is 0.969. The third-order valence-electron chi connectivity index (χ3n) is 2.12. The number of benzene rings is 1. The van der Waals surface area contributed by atoms with Crippen LogP contribution in [0.3, 0.4) is 0 Å². The second-order valence-electron chi connectivity index (χ2n) is 3.12. The van der Waals surface area contributed by atoms with Crippen molar-refractivity contribution in [3.8, 4) is 5.75 Å². The molecule has 0 fully saturated rings. The topological polar surface area (TPSA) is 34.5 Å². The molecule has 0 unspecified atom stereocenters. The van der Waals surface area contributed by atoms with Crippen LogP contribution >= 0.6 is 34.9 Å². The number of methoxy groups -OCH3 is 1. The molecule has 0 aliphatic rings. The number of hydrogen-bond donors (Lipinski definition) is 0. The summed E-state index contributed by atoms with van der Waals surface area (Å²) in [6.07, 6.45) is 4.04. The van der Waals surface area contributed by atoms with Gasteiger partial charge in [-0.3, -0.25) is 0 Å². The van der Waals surface area contributed by atoms with Gasteiger partial charge in [-0.2, -0.15) is 0 Å². The van der Waals surface area contributed by atoms with E-state index in [0.717, 1.165) is 25.5 Å². The lowest BCUT2D eigenvalue weighted by molar-refractivity contribution is 0.415. The number of aromatic nitrogens is 1. The minimum absolute atomic E-state index is 0.798. The van der Waals surface area contributed by atoms with Crippen molar-refractivity contribution >= 4 is 54.6 Å². The van der Waals surface area contributed by atoms with E-state index in [2.05, 4.69) is 9.98 Å². The van der Waals surface area contributed by atoms with Crippen molar-refractivity contribution < 1.29 is 4.74 Å². The lowest BCUT2D eigenvalue weighted by atomic mass is 10.3. The average Bonchev–Trinajstić information content (AvgIpc) is 2.76. The Balaban J connectivity index is 2.40. The number of nitrogens with zero attached hydrogens (tertiary/aromatic N) is 2. The fourth-order valence-corrected chi connectivity index (χ4v) is 3.33. The Kier molecular flexibility index (Phi) is 4.31. The Morgan fingerprint density at radius 2 is 2.12 bits per heavy atom. The van der Waals surface area contributed by atoms with Crippen molar-refractivity contribution in [1.82, 2.24) is 4.98 Å². The van der Waals surface area contributed by atoms with Crippen LogP contribution in [-0.2, 0) is 0 Å². The minimum atomic E-state index is 0.798. The van der Waals surface area contributed by atoms with E-state index in [4.69, 9.17) is 4.74 Å². The van der Waals surface area contributed by atoms with Crippen molar-refractivity contribution in [2.45, 2.75) is 0 Å². The van der Waals surface area contributed by atoms with Gasteiger partial charge in [-0.15, -0.1) is 23.5 Å². The number of aliphatic imine (C=N–C) groups is 1. The summed E-state index contributed by atoms with van der Waals surface area (Å²) in [5, 5.41) is 0.798. The average molecular weight is 284 g/mol. The molecule has 1 aromatic heterocycles. The quantitative estimate of drug-likeness (QED) is 0.616. The Hall–Kier alpha value is -0.720. The first-order valence-electron chi connectivity index (χ1n) is 4.88. The highest BCUT2D eigenvalue weighted by Gasteiger charge is 2.05. The van der Waals surface area contributed by atoms with Crippen molar-refractivity contribution in [2.24, 2.45) is 4.99 Å². The van der Waals surface area contributed by atoms with Crippen LogP contribution < -0.4 is 4.74 Å². The lowest BCUT2D eigenvalue weighted by Gasteiger charge is -1.96. The van der Waals surface area contributed by atoms with E-state index in [1.54, 1.807) is 42.0 Å². The molecule has 0 aliphatic carbocycles. The summed E-state index contributed by atoms with van der Waals surface area (Å²) in [6, 6.07) is 5.87. The zero-order valence-electron chi connectivity index (χ0n) is 9.76. The smallest absolute Gasteiger partial charge is 0.211 e. The number of hydrogen-bond acceptors (Lipinski definition) is 6. The van der Waals surface area contributed by atoms with E-state index in [9.17, 15) is 0 Å². The van der Waals surface area contributed by atoms with Crippen LogP contribution in [0.15, 0.2) is 23.2 Å². The van der Waals surface area contributed by atoms with Crippen molar-refractivity contribution in [3.05, 3.63) is 18.2 Å². The van der Waals surface area contributed by atoms with E-state index in [0.29, 0.717) is 0 Å². The highest BCUT2D eigenvalue weighted by molar-refractivity contribution is 8.38. The summed E-state index contributed by atoms with van der Waals surface area (Å²) < 4.78 is 7.32. The fraction of sp³-hybridized carbons (Fsp3) is 0.273. The first-order chi connectivity index (χ1) is 8.26. The molecule has 0 amide bonds. The molecule has 0 saturated carbocycles. The molecule has 6 heteroatoms. The van der Waals surface area contributed by atoms with E-state index in [1.807, 2.05) is 30.7 Å². The maximum absolute atomic E-state index is 5.19. The van der Waals surface area contributed by atoms with E-state index >= 15 is 0 Å². The van der Waals surface area contributed by atoms with Gasteiger partial charge in [-0.25, -0.2) is 9.98 Å². The van der Waals surface area contributed by atoms with Gasteiger partial charge in [0.1, 0.15) is 10.1 Å². The summed E-state index contributed by atoms with van der Waals surface area (Å²) >= 11 is 4.86. The Bertz CT molecular complexity index is 545. The van der Waals surface area contributed by atoms with Crippen LogP contribution in [0, 0.1) is 0 Å². The van der Waals surface area contributed by atoms with Crippen molar-refractivity contribution in [2.75, 3.05) is 19.6 Å². The predicted molar refractivity (Wildman–Crippen MR) is 80.3 cm³/mol. The lowest BCUT2D eigenvalue weighted by Crippen LogP contribution is -1.80. The van der Waals surface area contributed by atoms with Crippen molar-refractivity contribution in [3.63, 3.8) is 0 Å². The van der Waals surface area contributed by atoms with Crippen LogP contribution in [0.2, 0.25) is 0 Å². The molecule has 90 valence electrons. The number of ether oxygens (including phenoxy) is 1. The molecular formula is C11H12N2OS3. The predicted octanol–water partition coefficient (Wildman–Crippen LogP) is 4.02. The summed E-state index contributed by atoms with van der Waals surface area (Å²) in [5.74, 6) is 0.853. The van der Waals surface area contributed by atoms with Crippen LogP contribution in [0.5, 0.6) is 5.75 Å². The number of thioether (sulfide) groups is 2. The second-order valence-corrected chi connectivity index (χ2v) is 5.97. The van der Waals surface area contributed by atoms with Gasteiger partial charge in [0.25, 0.3) is 0 Å². The highest BCUT2D eigenvalue weighted by atomic mass is 32.2. The van der Waals surface area contributed by atoms with Crippen LogP contribution in [-0.4, -0.2) is 29.0 Å². The Morgan fingerprint density at radius 1 is 1.35 bits per heavy atom. The maximum Gasteiger partial charge on any atom is 0.211 e. The molecule has 1 aromatic carbocycles. The van der Waals surface area contributed by atoms with Gasteiger partial charge < -0.3 is 4.74 Å². The summed E-state index contributed by atoms with van der Waals surface area (Å²) in [6.45, 7) is 0. The van der Waals surface area contributed by atoms with Gasteiger partial charge in [0.2, 0.25) is 5.13 Å². The molecule has 0 spiro atoms. The SMILES string of the molecule is COc1ccc2nc(N=C(SC)SC)sc2c1. The van der Waals surface area contributed by atoms with Crippen molar-refractivity contribution in [1.29, 1.82) is 0 Å². The molecule has 0 N–H and O–H groups in total. The number of fused-ring (bicyclic) bond motifs is 1. The Labute approximate surface area is 113 Å². The van der Waals surface area contributed by atoms with E-state index in [-0.39, 0.29) is 0 Å². The first-order valence-corrected chi connectivity index (χ1v) is 8.14. The first kappa shape index (κ1) is 12.7. The zero-order valence-corrected chi connectivity index (χ0v) is 12.2. The third kappa shape index (κ3) is 2.94. The normalized spacial score (nSPS) is 10.5. The van der Waals surface area contributed by atoms with Gasteiger partial charge >= 0.3 is 0 Å². The second kappa shape index (κ2) is 5.75. The van der Waals surface area contributed by atoms with E-state index in [1.165, 1.54) is 0 Å². The zero-order chi connectivity index (χ0) is 12.3. The molecule has 0 saturated heterocycles. The van der Waals surface area contributed by atoms with Gasteiger partial charge in [0.15, 0.2) is 0 Å². The van der Waals surface area contributed by atoms with Crippen LogP contribution in [0.25, 0.3) is 10.2 Å². The molecule has 2 rings (SSSR count). The number of thiazole rings is 1. The molecule has 1 heterocycles. The maximum atomic E-state index is 5.19. The molecule has 17 heavy (non-hydrogen) atoms. The van der Waals surface area contributed by atoms with Crippen LogP contribution in [0.1, 0.15) is 0 Å². The monoisotopic (exact) mass is 284 g/mol. The molecule has 0 atom stereocenters. The van der Waals surface area contributed by atoms with E-state index < -0.39 is 0 Å². The van der Waals surface area contributed by atoms with Gasteiger partial charge in [-0.05, 0) is 30.7 Å². The molecule has 0 radical (unpaired) electrons. The molecule has 2 aromatic rings. The number of rotatable bonds is 2. The Morgan fingerprint density at radius 3 is 2.76 bits per heavy atom. The minimum Gasteiger partial charge on any atom is -0.497 e. The van der Waals surface area contributed by atoms with Gasteiger partial charge in [-0.1, -0.05) is 11.3 Å². The van der Waals surface area contributed by atoms with Gasteiger partial charge in [0, 0.05) is 0 Å². The molecule has 0 aliphatic heterocycles. The highest BCUT2D eigenvalue weighted by Crippen LogP contribution is 2.32. The fourth-order valence-electron chi connectivity index (χ4n) is 1.32. The van der Waals surface area contributed by atoms with Gasteiger partial charge in [0.05, 0.1) is 17.3 Å². The standard InChI is InChI=1S/C11H12N2OS3/c1-14-7-4-5-8-9(6-7)17-10(12-8)13-11(15-2)16-3/h4-6H,1-3H3. The molecular weight excluding hydrogens is 272 g/mol.